The predicted molar refractivity (Wildman–Crippen MR) is 333 cm³/mol. The lowest BCUT2D eigenvalue weighted by Gasteiger charge is -2.33. The van der Waals surface area contributed by atoms with E-state index in [1.165, 1.54) is 0 Å². The van der Waals surface area contributed by atoms with Crippen molar-refractivity contribution in [3.63, 3.8) is 0 Å². The van der Waals surface area contributed by atoms with Crippen LogP contribution in [-0.4, -0.2) is 9.97 Å². The molecule has 4 aromatic heterocycles. The van der Waals surface area contributed by atoms with Crippen molar-refractivity contribution < 1.29 is 17.7 Å². The molecule has 0 saturated carbocycles. The first-order valence-electron chi connectivity index (χ1n) is 28.0. The molecule has 18 rings (SSSR count). The van der Waals surface area contributed by atoms with Gasteiger partial charge in [-0.1, -0.05) is 182 Å². The van der Waals surface area contributed by atoms with Gasteiger partial charge in [0.25, 0.3) is 0 Å². The molecule has 4 heterocycles. The zero-order chi connectivity index (χ0) is 54.3. The molecule has 0 fully saturated rings. The first-order valence-corrected chi connectivity index (χ1v) is 28.0. The highest BCUT2D eigenvalue weighted by Crippen LogP contribution is 2.67. The van der Waals surface area contributed by atoms with Crippen LogP contribution in [-0.2, 0) is 5.41 Å². The molecule has 0 N–H and O–H groups in total. The first kappa shape index (κ1) is 45.6. The second-order valence-corrected chi connectivity index (χ2v) is 21.4. The van der Waals surface area contributed by atoms with Crippen molar-refractivity contribution in [2.75, 3.05) is 9.80 Å². The summed E-state index contributed by atoms with van der Waals surface area (Å²) in [5, 5.41) is 4.11. The number of hydrogen-bond donors (Lipinski definition) is 0. The second-order valence-electron chi connectivity index (χ2n) is 21.4. The van der Waals surface area contributed by atoms with Crippen LogP contribution in [0.3, 0.4) is 0 Å². The number of nitrogens with zero attached hydrogens (tertiary/aromatic N) is 4. The van der Waals surface area contributed by atoms with Crippen LogP contribution < -0.4 is 9.80 Å². The number of hydrogen-bond acceptors (Lipinski definition) is 8. The van der Waals surface area contributed by atoms with Gasteiger partial charge in [0.2, 0.25) is 11.8 Å². The predicted octanol–water partition coefficient (Wildman–Crippen LogP) is 20.4. The summed E-state index contributed by atoms with van der Waals surface area (Å²) >= 11 is 0. The quantitative estimate of drug-likeness (QED) is 0.149. The summed E-state index contributed by atoms with van der Waals surface area (Å²) in [5.74, 6) is 0.981. The number of oxazole rings is 2. The summed E-state index contributed by atoms with van der Waals surface area (Å²) in [6.45, 7) is 0. The van der Waals surface area contributed by atoms with Crippen molar-refractivity contribution >= 4 is 100 Å². The molecular formula is C75H44N4O4. The van der Waals surface area contributed by atoms with Gasteiger partial charge in [-0.2, -0.15) is 0 Å². The Kier molecular flexibility index (Phi) is 9.56. The van der Waals surface area contributed by atoms with E-state index in [0.29, 0.717) is 34.0 Å². The van der Waals surface area contributed by atoms with Crippen LogP contribution in [0.1, 0.15) is 22.3 Å². The van der Waals surface area contributed by atoms with Gasteiger partial charge >= 0.3 is 0 Å². The van der Waals surface area contributed by atoms with E-state index in [2.05, 4.69) is 216 Å². The molecule has 2 aliphatic rings. The number of para-hydroxylation sites is 6. The van der Waals surface area contributed by atoms with Crippen molar-refractivity contribution in [3.05, 3.63) is 289 Å². The third-order valence-corrected chi connectivity index (χ3v) is 17.1. The molecule has 0 atom stereocenters. The van der Waals surface area contributed by atoms with Gasteiger partial charge in [0.05, 0.1) is 28.2 Å². The van der Waals surface area contributed by atoms with Gasteiger partial charge < -0.3 is 27.5 Å². The smallest absolute Gasteiger partial charge is 0.227 e. The fourth-order valence-corrected chi connectivity index (χ4v) is 13.7. The van der Waals surface area contributed by atoms with Gasteiger partial charge in [0.15, 0.2) is 22.3 Å². The van der Waals surface area contributed by atoms with Crippen LogP contribution in [0.5, 0.6) is 0 Å². The maximum atomic E-state index is 7.52. The van der Waals surface area contributed by atoms with E-state index < -0.39 is 5.41 Å². The number of furan rings is 2. The summed E-state index contributed by atoms with van der Waals surface area (Å²) in [5.41, 5.74) is 20.0. The van der Waals surface area contributed by atoms with E-state index in [1.807, 2.05) is 60.7 Å². The van der Waals surface area contributed by atoms with E-state index in [1.54, 1.807) is 0 Å². The number of rotatable bonds is 8. The number of anilines is 6. The molecule has 0 bridgehead atoms. The summed E-state index contributed by atoms with van der Waals surface area (Å²) in [7, 11) is 0. The molecule has 0 radical (unpaired) electrons. The lowest BCUT2D eigenvalue weighted by molar-refractivity contribution is 0.616. The minimum Gasteiger partial charge on any atom is -0.454 e. The Morgan fingerprint density at radius 3 is 1.11 bits per heavy atom. The molecule has 388 valence electrons. The van der Waals surface area contributed by atoms with Crippen LogP contribution in [0.4, 0.5) is 34.1 Å². The van der Waals surface area contributed by atoms with E-state index in [0.717, 1.165) is 134 Å². The monoisotopic (exact) mass is 1060 g/mol. The minimum atomic E-state index is -0.968. The summed E-state index contributed by atoms with van der Waals surface area (Å²) in [6, 6.07) is 93.3. The first-order chi connectivity index (χ1) is 41.2. The third-order valence-electron chi connectivity index (χ3n) is 17.1. The van der Waals surface area contributed by atoms with Gasteiger partial charge in [-0.3, -0.25) is 0 Å². The highest BCUT2D eigenvalue weighted by molar-refractivity contribution is 6.18. The number of benzene rings is 12. The van der Waals surface area contributed by atoms with Crippen LogP contribution >= 0.6 is 0 Å². The van der Waals surface area contributed by atoms with Crippen molar-refractivity contribution in [2.24, 2.45) is 0 Å². The number of aromatic nitrogens is 2. The standard InChI is InChI=1S/C75H44N4O4/c1-5-23-45(24-6-1)73-76-67-61(78(47-27-9-3-10-28-47)59-39-21-35-53-51-33-15-19-41-63(51)80-69(53)59)43-57-65(71(67)82-73)66-58(75(57)55-37-17-13-31-49(55)50-32-14-18-38-56(50)75)44-62(68-72(66)83-74(77-68)46-25-7-2-8-26-46)79(48-29-11-4-12-30-48)60-40-22-36-54-52-34-16-20-42-64(52)81-70(54)60/h1-44H. The highest BCUT2D eigenvalue weighted by atomic mass is 16.4. The van der Waals surface area contributed by atoms with Crippen molar-refractivity contribution in [1.82, 2.24) is 9.97 Å². The Bertz CT molecular complexity index is 4960. The molecule has 0 amide bonds. The van der Waals surface area contributed by atoms with Crippen LogP contribution in [0.2, 0.25) is 0 Å². The Morgan fingerprint density at radius 2 is 0.663 bits per heavy atom. The van der Waals surface area contributed by atoms with Gasteiger partial charge in [0, 0.05) is 55.2 Å². The van der Waals surface area contributed by atoms with Crippen LogP contribution in [0.25, 0.3) is 111 Å². The zero-order valence-corrected chi connectivity index (χ0v) is 44.3. The van der Waals surface area contributed by atoms with Crippen LogP contribution in [0.15, 0.2) is 285 Å². The van der Waals surface area contributed by atoms with Gasteiger partial charge in [0.1, 0.15) is 22.2 Å². The summed E-state index contributed by atoms with van der Waals surface area (Å²) in [4.78, 5) is 15.9. The molecule has 8 nitrogen and oxygen atoms in total. The maximum Gasteiger partial charge on any atom is 0.227 e. The molecule has 0 unspecified atom stereocenters. The van der Waals surface area contributed by atoms with E-state index in [-0.39, 0.29) is 0 Å². The van der Waals surface area contributed by atoms with Gasteiger partial charge in [-0.15, -0.1) is 0 Å². The van der Waals surface area contributed by atoms with E-state index in [4.69, 9.17) is 27.6 Å². The molecule has 1 spiro atoms. The lowest BCUT2D eigenvalue weighted by Crippen LogP contribution is -2.26. The fraction of sp³-hybridized carbons (Fsp3) is 0.0133. The molecule has 0 aliphatic heterocycles. The summed E-state index contributed by atoms with van der Waals surface area (Å²) in [6.07, 6.45) is 0. The lowest BCUT2D eigenvalue weighted by atomic mass is 9.70. The normalized spacial score (nSPS) is 12.9. The van der Waals surface area contributed by atoms with E-state index >= 15 is 0 Å². The average Bonchev–Trinajstić information content (AvgIpc) is 1.58. The van der Waals surface area contributed by atoms with Crippen molar-refractivity contribution in [2.45, 2.75) is 5.41 Å². The number of fused-ring (bicyclic) bond motifs is 20. The molecule has 16 aromatic rings. The van der Waals surface area contributed by atoms with Crippen molar-refractivity contribution in [1.29, 1.82) is 0 Å². The van der Waals surface area contributed by atoms with Gasteiger partial charge in [-0.25, -0.2) is 9.97 Å². The summed E-state index contributed by atoms with van der Waals surface area (Å²) < 4.78 is 28.9. The van der Waals surface area contributed by atoms with Crippen LogP contribution in [0, 0.1) is 0 Å². The molecule has 0 saturated heterocycles. The third kappa shape index (κ3) is 6.40. The second kappa shape index (κ2) is 17.4. The van der Waals surface area contributed by atoms with E-state index in [9.17, 15) is 0 Å². The van der Waals surface area contributed by atoms with Gasteiger partial charge in [-0.05, 0) is 118 Å². The highest BCUT2D eigenvalue weighted by Gasteiger charge is 2.55. The minimum absolute atomic E-state index is 0.490. The Morgan fingerprint density at radius 1 is 0.289 bits per heavy atom. The molecule has 8 heteroatoms. The fourth-order valence-electron chi connectivity index (χ4n) is 13.7. The molecule has 2 aliphatic carbocycles. The Hall–Kier alpha value is -11.2. The molecule has 83 heavy (non-hydrogen) atoms. The molecule has 12 aromatic carbocycles. The topological polar surface area (TPSA) is 84.8 Å². The van der Waals surface area contributed by atoms with Crippen molar-refractivity contribution in [3.8, 4) is 45.2 Å². The zero-order valence-electron chi connectivity index (χ0n) is 44.3. The Labute approximate surface area is 475 Å². The SMILES string of the molecule is c1ccc(-c2nc3c(N(c4ccccc4)c4cccc5c4oc4ccccc45)cc4c(c3o2)-c2c(cc(N(c3ccccc3)c3cccc5c3oc3ccccc35)c3nc(-c5ccccc5)oc23)C42c3ccccc3-c3ccccc32)cc1. The maximum absolute atomic E-state index is 7.52. The average molecular weight is 1070 g/mol. The molecular weight excluding hydrogens is 1020 g/mol. The Balaban J connectivity index is 1.03. The largest absolute Gasteiger partial charge is 0.454 e.